The number of hydrogen-bond acceptors (Lipinski definition) is 3. The molecule has 7 heteroatoms. The van der Waals surface area contributed by atoms with Crippen LogP contribution in [-0.4, -0.2) is 60.5 Å². The zero-order chi connectivity index (χ0) is 19.7. The van der Waals surface area contributed by atoms with Crippen molar-refractivity contribution in [2.45, 2.75) is 12.0 Å². The SMILES string of the molecule is CN1CC(=O)N(c2ccccc2)C[C@@]12CCN(C(=O)Nc1ccccc1F)C2. The number of anilines is 2. The van der Waals surface area contributed by atoms with Crippen LogP contribution in [0, 0.1) is 5.82 Å². The second-order valence-corrected chi connectivity index (χ2v) is 7.48. The monoisotopic (exact) mass is 382 g/mol. The van der Waals surface area contributed by atoms with Crippen molar-refractivity contribution < 1.29 is 14.0 Å². The molecule has 0 aromatic heterocycles. The third-order valence-corrected chi connectivity index (χ3v) is 5.74. The highest BCUT2D eigenvalue weighted by atomic mass is 19.1. The van der Waals surface area contributed by atoms with Gasteiger partial charge in [0.05, 0.1) is 17.8 Å². The predicted octanol–water partition coefficient (Wildman–Crippen LogP) is 2.78. The summed E-state index contributed by atoms with van der Waals surface area (Å²) in [6.45, 7) is 1.87. The lowest BCUT2D eigenvalue weighted by Crippen LogP contribution is -2.64. The molecule has 28 heavy (non-hydrogen) atoms. The number of amides is 3. The number of nitrogens with one attached hydrogen (secondary N) is 1. The molecule has 2 saturated heterocycles. The molecule has 6 nitrogen and oxygen atoms in total. The standard InChI is InChI=1S/C21H23FN4O2/c1-24-13-19(27)26(16-7-3-2-4-8-16)15-21(24)11-12-25(14-21)20(28)23-18-10-6-5-9-17(18)22/h2-10H,11-15H2,1H3,(H,23,28)/t21-/m0/s1. The van der Waals surface area contributed by atoms with E-state index in [0.29, 0.717) is 26.2 Å². The van der Waals surface area contributed by atoms with Crippen LogP contribution in [0.4, 0.5) is 20.6 Å². The van der Waals surface area contributed by atoms with Gasteiger partial charge < -0.3 is 15.1 Å². The van der Waals surface area contributed by atoms with Gasteiger partial charge in [-0.05, 0) is 37.7 Å². The minimum Gasteiger partial charge on any atom is -0.323 e. The number of para-hydroxylation sites is 2. The number of nitrogens with zero attached hydrogens (tertiary/aromatic N) is 3. The normalized spacial score (nSPS) is 22.7. The molecule has 2 aromatic carbocycles. The van der Waals surface area contributed by atoms with Crippen LogP contribution in [0.15, 0.2) is 54.6 Å². The summed E-state index contributed by atoms with van der Waals surface area (Å²) in [5, 5.41) is 2.65. The van der Waals surface area contributed by atoms with Crippen LogP contribution in [0.25, 0.3) is 0 Å². The number of benzene rings is 2. The van der Waals surface area contributed by atoms with E-state index < -0.39 is 5.82 Å². The minimum atomic E-state index is -0.458. The van der Waals surface area contributed by atoms with E-state index in [0.717, 1.165) is 12.1 Å². The van der Waals surface area contributed by atoms with E-state index in [1.807, 2.05) is 42.3 Å². The lowest BCUT2D eigenvalue weighted by atomic mass is 9.92. The summed E-state index contributed by atoms with van der Waals surface area (Å²) in [5.74, 6) is -0.408. The number of hydrogen-bond donors (Lipinski definition) is 1. The van der Waals surface area contributed by atoms with Crippen molar-refractivity contribution in [3.8, 4) is 0 Å². The summed E-state index contributed by atoms with van der Waals surface area (Å²) in [6, 6.07) is 15.4. The van der Waals surface area contributed by atoms with Gasteiger partial charge in [0.25, 0.3) is 0 Å². The molecule has 0 unspecified atom stereocenters. The van der Waals surface area contributed by atoms with Crippen LogP contribution >= 0.6 is 0 Å². The lowest BCUT2D eigenvalue weighted by Gasteiger charge is -2.46. The molecule has 2 aliphatic heterocycles. The minimum absolute atomic E-state index is 0.0496. The summed E-state index contributed by atoms with van der Waals surface area (Å²) in [5.41, 5.74) is 0.733. The Morgan fingerprint density at radius 3 is 2.54 bits per heavy atom. The molecule has 2 heterocycles. The second-order valence-electron chi connectivity index (χ2n) is 7.48. The van der Waals surface area contributed by atoms with Crippen LogP contribution in [0.2, 0.25) is 0 Å². The Kier molecular flexibility index (Phi) is 4.77. The summed E-state index contributed by atoms with van der Waals surface area (Å²) >= 11 is 0. The third kappa shape index (κ3) is 3.33. The fourth-order valence-electron chi connectivity index (χ4n) is 4.03. The Hall–Kier alpha value is -2.93. The van der Waals surface area contributed by atoms with Crippen LogP contribution in [-0.2, 0) is 4.79 Å². The highest BCUT2D eigenvalue weighted by Crippen LogP contribution is 2.33. The largest absolute Gasteiger partial charge is 0.323 e. The molecule has 0 radical (unpaired) electrons. The van der Waals surface area contributed by atoms with Gasteiger partial charge >= 0.3 is 6.03 Å². The van der Waals surface area contributed by atoms with Crippen LogP contribution < -0.4 is 10.2 Å². The van der Waals surface area contributed by atoms with Crippen molar-refractivity contribution in [3.63, 3.8) is 0 Å². The van der Waals surface area contributed by atoms with Gasteiger partial charge in [-0.2, -0.15) is 0 Å². The van der Waals surface area contributed by atoms with Crippen molar-refractivity contribution in [2.75, 3.05) is 43.4 Å². The number of urea groups is 1. The summed E-state index contributed by atoms with van der Waals surface area (Å²) in [6.07, 6.45) is 0.755. The summed E-state index contributed by atoms with van der Waals surface area (Å²) in [7, 11) is 1.93. The number of rotatable bonds is 2. The maximum atomic E-state index is 13.8. The quantitative estimate of drug-likeness (QED) is 0.869. The van der Waals surface area contributed by atoms with Gasteiger partial charge in [-0.3, -0.25) is 9.69 Å². The molecule has 2 fully saturated rings. The van der Waals surface area contributed by atoms with E-state index in [1.54, 1.807) is 28.0 Å². The van der Waals surface area contributed by atoms with Crippen LogP contribution in [0.5, 0.6) is 0 Å². The van der Waals surface area contributed by atoms with Crippen molar-refractivity contribution in [2.24, 2.45) is 0 Å². The average molecular weight is 382 g/mol. The Bertz CT molecular complexity index is 891. The molecule has 2 aliphatic rings. The van der Waals surface area contributed by atoms with Gasteiger partial charge in [-0.25, -0.2) is 9.18 Å². The van der Waals surface area contributed by atoms with E-state index >= 15 is 0 Å². The molecular formula is C21H23FN4O2. The van der Waals surface area contributed by atoms with Crippen molar-refractivity contribution in [1.82, 2.24) is 9.80 Å². The number of piperazine rings is 1. The van der Waals surface area contributed by atoms with Gasteiger partial charge in [0.15, 0.2) is 0 Å². The zero-order valence-electron chi connectivity index (χ0n) is 15.8. The van der Waals surface area contributed by atoms with Crippen molar-refractivity contribution in [3.05, 3.63) is 60.4 Å². The van der Waals surface area contributed by atoms with Gasteiger partial charge in [-0.1, -0.05) is 30.3 Å². The Balaban J connectivity index is 1.50. The molecule has 0 bridgehead atoms. The Labute approximate surface area is 163 Å². The molecule has 146 valence electrons. The first-order chi connectivity index (χ1) is 13.5. The molecule has 0 aliphatic carbocycles. The molecule has 1 spiro atoms. The number of carbonyl (C=O) groups is 2. The third-order valence-electron chi connectivity index (χ3n) is 5.74. The molecule has 4 rings (SSSR count). The molecule has 3 amide bonds. The van der Waals surface area contributed by atoms with Crippen molar-refractivity contribution >= 4 is 23.3 Å². The van der Waals surface area contributed by atoms with Gasteiger partial charge in [-0.15, -0.1) is 0 Å². The number of likely N-dealkylation sites (tertiary alicyclic amines) is 1. The van der Waals surface area contributed by atoms with Crippen LogP contribution in [0.3, 0.4) is 0 Å². The predicted molar refractivity (Wildman–Crippen MR) is 106 cm³/mol. The maximum Gasteiger partial charge on any atom is 0.321 e. The number of halogens is 1. The fourth-order valence-corrected chi connectivity index (χ4v) is 4.03. The summed E-state index contributed by atoms with van der Waals surface area (Å²) in [4.78, 5) is 30.8. The lowest BCUT2D eigenvalue weighted by molar-refractivity contribution is -0.123. The maximum absolute atomic E-state index is 13.8. The van der Waals surface area contributed by atoms with E-state index in [-0.39, 0.29) is 23.2 Å². The number of carbonyl (C=O) groups excluding carboxylic acids is 2. The second kappa shape index (κ2) is 7.24. The van der Waals surface area contributed by atoms with Crippen LogP contribution in [0.1, 0.15) is 6.42 Å². The first-order valence-corrected chi connectivity index (χ1v) is 9.36. The van der Waals surface area contributed by atoms with Crippen molar-refractivity contribution in [1.29, 1.82) is 0 Å². The molecule has 2 aromatic rings. The highest BCUT2D eigenvalue weighted by molar-refractivity contribution is 5.96. The molecule has 1 atom stereocenters. The molecular weight excluding hydrogens is 359 g/mol. The van der Waals surface area contributed by atoms with E-state index in [9.17, 15) is 14.0 Å². The van der Waals surface area contributed by atoms with E-state index in [4.69, 9.17) is 0 Å². The first-order valence-electron chi connectivity index (χ1n) is 9.36. The summed E-state index contributed by atoms with van der Waals surface area (Å²) < 4.78 is 13.8. The Morgan fingerprint density at radius 2 is 1.79 bits per heavy atom. The number of likely N-dealkylation sites (N-methyl/N-ethyl adjacent to an activating group) is 1. The van der Waals surface area contributed by atoms with E-state index in [1.165, 1.54) is 6.07 Å². The fraction of sp³-hybridized carbons (Fsp3) is 0.333. The first kappa shape index (κ1) is 18.4. The Morgan fingerprint density at radius 1 is 1.07 bits per heavy atom. The molecule has 1 N–H and O–H groups in total. The van der Waals surface area contributed by atoms with E-state index in [2.05, 4.69) is 5.32 Å². The topological polar surface area (TPSA) is 55.9 Å². The van der Waals surface area contributed by atoms with Gasteiger partial charge in [0.1, 0.15) is 5.82 Å². The average Bonchev–Trinajstić information content (AvgIpc) is 3.13. The van der Waals surface area contributed by atoms with Gasteiger partial charge in [0, 0.05) is 25.3 Å². The molecule has 0 saturated carbocycles. The zero-order valence-corrected chi connectivity index (χ0v) is 15.8. The van der Waals surface area contributed by atoms with Gasteiger partial charge in [0.2, 0.25) is 5.91 Å². The highest BCUT2D eigenvalue weighted by Gasteiger charge is 2.48. The smallest absolute Gasteiger partial charge is 0.321 e.